The summed E-state index contributed by atoms with van der Waals surface area (Å²) in [6.45, 7) is 0. The maximum absolute atomic E-state index is 11.5. The molecule has 0 aliphatic rings. The van der Waals surface area contributed by atoms with E-state index in [0.29, 0.717) is 5.56 Å². The Bertz CT molecular complexity index is 457. The molecule has 1 aromatic heterocycles. The molecule has 0 spiro atoms. The lowest BCUT2D eigenvalue weighted by molar-refractivity contribution is 0.0601. The van der Waals surface area contributed by atoms with Gasteiger partial charge in [0.1, 0.15) is 0 Å². The van der Waals surface area contributed by atoms with E-state index in [1.165, 1.54) is 7.11 Å². The minimum atomic E-state index is -0.341. The van der Waals surface area contributed by atoms with Crippen molar-refractivity contribution in [1.82, 2.24) is 0 Å². The van der Waals surface area contributed by atoms with Gasteiger partial charge >= 0.3 is 5.97 Å². The van der Waals surface area contributed by atoms with Gasteiger partial charge in [-0.2, -0.15) is 0 Å². The maximum Gasteiger partial charge on any atom is 0.338 e. The van der Waals surface area contributed by atoms with Crippen LogP contribution in [0.5, 0.6) is 0 Å². The standard InChI is InChI=1S/C12H10O3/c1-14-12(13)11-5-3-2-4-10(11)9-6-7-15-8-9/h2-8H,1H3. The summed E-state index contributed by atoms with van der Waals surface area (Å²) >= 11 is 0. The van der Waals surface area contributed by atoms with Gasteiger partial charge < -0.3 is 9.15 Å². The lowest BCUT2D eigenvalue weighted by Crippen LogP contribution is -2.02. The Morgan fingerprint density at radius 2 is 2.07 bits per heavy atom. The summed E-state index contributed by atoms with van der Waals surface area (Å²) in [6.07, 6.45) is 3.17. The Morgan fingerprint density at radius 3 is 2.73 bits per heavy atom. The van der Waals surface area contributed by atoms with E-state index >= 15 is 0 Å². The van der Waals surface area contributed by atoms with Gasteiger partial charge in [-0.15, -0.1) is 0 Å². The minimum Gasteiger partial charge on any atom is -0.472 e. The number of ether oxygens (including phenoxy) is 1. The largest absolute Gasteiger partial charge is 0.472 e. The first-order chi connectivity index (χ1) is 7.33. The molecule has 3 heteroatoms. The molecular weight excluding hydrogens is 192 g/mol. The fraction of sp³-hybridized carbons (Fsp3) is 0.0833. The molecule has 15 heavy (non-hydrogen) atoms. The van der Waals surface area contributed by atoms with Crippen molar-refractivity contribution in [3.05, 3.63) is 48.4 Å². The van der Waals surface area contributed by atoms with Crippen molar-refractivity contribution in [1.29, 1.82) is 0 Å². The molecule has 76 valence electrons. The summed E-state index contributed by atoms with van der Waals surface area (Å²) < 4.78 is 9.69. The van der Waals surface area contributed by atoms with Gasteiger partial charge in [-0.3, -0.25) is 0 Å². The third kappa shape index (κ3) is 1.76. The first kappa shape index (κ1) is 9.52. The van der Waals surface area contributed by atoms with Crippen LogP contribution in [-0.4, -0.2) is 13.1 Å². The summed E-state index contributed by atoms with van der Waals surface area (Å²) in [4.78, 5) is 11.5. The Kier molecular flexibility index (Phi) is 2.54. The monoisotopic (exact) mass is 202 g/mol. The van der Waals surface area contributed by atoms with E-state index in [9.17, 15) is 4.79 Å². The fourth-order valence-corrected chi connectivity index (χ4v) is 1.44. The second kappa shape index (κ2) is 4.00. The van der Waals surface area contributed by atoms with Crippen molar-refractivity contribution in [2.24, 2.45) is 0 Å². The molecule has 2 rings (SSSR count). The van der Waals surface area contributed by atoms with Crippen molar-refractivity contribution < 1.29 is 13.9 Å². The average Bonchev–Trinajstić information content (AvgIpc) is 2.81. The molecule has 0 amide bonds. The first-order valence-electron chi connectivity index (χ1n) is 4.53. The SMILES string of the molecule is COC(=O)c1ccccc1-c1ccoc1. The van der Waals surface area contributed by atoms with Crippen LogP contribution < -0.4 is 0 Å². The molecule has 0 N–H and O–H groups in total. The maximum atomic E-state index is 11.5. The highest BCUT2D eigenvalue weighted by molar-refractivity contribution is 5.97. The van der Waals surface area contributed by atoms with E-state index in [2.05, 4.69) is 0 Å². The molecule has 0 saturated carbocycles. The molecule has 0 unspecified atom stereocenters. The van der Waals surface area contributed by atoms with Crippen LogP contribution in [0.3, 0.4) is 0 Å². The number of carbonyl (C=O) groups excluding carboxylic acids is 1. The highest BCUT2D eigenvalue weighted by Gasteiger charge is 2.12. The van der Waals surface area contributed by atoms with Crippen LogP contribution in [0.4, 0.5) is 0 Å². The van der Waals surface area contributed by atoms with Crippen molar-refractivity contribution in [2.45, 2.75) is 0 Å². The number of benzene rings is 1. The number of methoxy groups -OCH3 is 1. The van der Waals surface area contributed by atoms with Crippen LogP contribution >= 0.6 is 0 Å². The van der Waals surface area contributed by atoms with Gasteiger partial charge in [0.2, 0.25) is 0 Å². The number of carbonyl (C=O) groups is 1. The van der Waals surface area contributed by atoms with E-state index in [-0.39, 0.29) is 5.97 Å². The molecule has 1 aromatic carbocycles. The lowest BCUT2D eigenvalue weighted by atomic mass is 10.0. The van der Waals surface area contributed by atoms with E-state index in [0.717, 1.165) is 11.1 Å². The van der Waals surface area contributed by atoms with E-state index in [1.807, 2.05) is 18.2 Å². The molecule has 0 aliphatic carbocycles. The van der Waals surface area contributed by atoms with Crippen LogP contribution in [0.1, 0.15) is 10.4 Å². The molecule has 0 fully saturated rings. The summed E-state index contributed by atoms with van der Waals surface area (Å²) in [6, 6.07) is 9.07. The summed E-state index contributed by atoms with van der Waals surface area (Å²) in [5.41, 5.74) is 2.23. The van der Waals surface area contributed by atoms with Crippen molar-refractivity contribution in [3.8, 4) is 11.1 Å². The number of hydrogen-bond donors (Lipinski definition) is 0. The zero-order valence-corrected chi connectivity index (χ0v) is 8.27. The summed E-state index contributed by atoms with van der Waals surface area (Å²) in [7, 11) is 1.37. The molecule has 0 atom stereocenters. The number of esters is 1. The average molecular weight is 202 g/mol. The number of hydrogen-bond acceptors (Lipinski definition) is 3. The fourth-order valence-electron chi connectivity index (χ4n) is 1.44. The summed E-state index contributed by atoms with van der Waals surface area (Å²) in [5, 5.41) is 0. The Balaban J connectivity index is 2.52. The number of rotatable bonds is 2. The molecule has 0 aliphatic heterocycles. The van der Waals surface area contributed by atoms with Gasteiger partial charge in [-0.05, 0) is 17.7 Å². The lowest BCUT2D eigenvalue weighted by Gasteiger charge is -2.04. The smallest absolute Gasteiger partial charge is 0.338 e. The molecule has 0 radical (unpaired) electrons. The molecule has 0 saturated heterocycles. The predicted molar refractivity (Wildman–Crippen MR) is 55.5 cm³/mol. The first-order valence-corrected chi connectivity index (χ1v) is 4.53. The highest BCUT2D eigenvalue weighted by atomic mass is 16.5. The van der Waals surface area contributed by atoms with Gasteiger partial charge in [-0.25, -0.2) is 4.79 Å². The van der Waals surface area contributed by atoms with E-state index in [4.69, 9.17) is 9.15 Å². The van der Waals surface area contributed by atoms with Gasteiger partial charge in [0.05, 0.1) is 25.2 Å². The van der Waals surface area contributed by atoms with Crippen LogP contribution in [0.25, 0.3) is 11.1 Å². The zero-order valence-electron chi connectivity index (χ0n) is 8.27. The van der Waals surface area contributed by atoms with Crippen molar-refractivity contribution in [3.63, 3.8) is 0 Å². The molecule has 1 heterocycles. The Morgan fingerprint density at radius 1 is 1.27 bits per heavy atom. The number of furan rings is 1. The van der Waals surface area contributed by atoms with E-state index in [1.54, 1.807) is 24.7 Å². The van der Waals surface area contributed by atoms with Gasteiger partial charge in [0, 0.05) is 5.56 Å². The molecule has 3 nitrogen and oxygen atoms in total. The topological polar surface area (TPSA) is 39.4 Å². The van der Waals surface area contributed by atoms with Crippen LogP contribution in [0.15, 0.2) is 47.3 Å². The minimum absolute atomic E-state index is 0.341. The van der Waals surface area contributed by atoms with Crippen molar-refractivity contribution in [2.75, 3.05) is 7.11 Å². The van der Waals surface area contributed by atoms with Gasteiger partial charge in [-0.1, -0.05) is 18.2 Å². The van der Waals surface area contributed by atoms with Crippen LogP contribution in [0.2, 0.25) is 0 Å². The van der Waals surface area contributed by atoms with E-state index < -0.39 is 0 Å². The quantitative estimate of drug-likeness (QED) is 0.703. The van der Waals surface area contributed by atoms with Gasteiger partial charge in [0.25, 0.3) is 0 Å². The molecular formula is C12H10O3. The highest BCUT2D eigenvalue weighted by Crippen LogP contribution is 2.24. The molecule has 2 aromatic rings. The second-order valence-corrected chi connectivity index (χ2v) is 3.05. The van der Waals surface area contributed by atoms with Gasteiger partial charge in [0.15, 0.2) is 0 Å². The Hall–Kier alpha value is -2.03. The predicted octanol–water partition coefficient (Wildman–Crippen LogP) is 2.73. The van der Waals surface area contributed by atoms with Crippen LogP contribution in [-0.2, 0) is 4.74 Å². The third-order valence-corrected chi connectivity index (χ3v) is 2.16. The normalized spacial score (nSPS) is 9.93. The van der Waals surface area contributed by atoms with Crippen LogP contribution in [0, 0.1) is 0 Å². The zero-order chi connectivity index (χ0) is 10.7. The Labute approximate surface area is 87.3 Å². The van der Waals surface area contributed by atoms with Crippen molar-refractivity contribution >= 4 is 5.97 Å². The third-order valence-electron chi connectivity index (χ3n) is 2.16. The molecule has 0 bridgehead atoms. The second-order valence-electron chi connectivity index (χ2n) is 3.05. The summed E-state index contributed by atoms with van der Waals surface area (Å²) in [5.74, 6) is -0.341.